The molecule has 0 saturated carbocycles. The molecular weight excluding hydrogens is 348 g/mol. The molecule has 1 fully saturated rings. The highest BCUT2D eigenvalue weighted by atomic mass is 32.1. The fraction of sp³-hybridized carbons (Fsp3) is 0.500. The maximum atomic E-state index is 14.0. The number of anilines is 1. The summed E-state index contributed by atoms with van der Waals surface area (Å²) < 4.78 is 26.9. The zero-order chi connectivity index (χ0) is 18.0. The molecule has 3 heterocycles. The first-order valence-electron chi connectivity index (χ1n) is 8.00. The highest BCUT2D eigenvalue weighted by Crippen LogP contribution is 2.28. The summed E-state index contributed by atoms with van der Waals surface area (Å²) in [4.78, 5) is 27.2. The van der Waals surface area contributed by atoms with E-state index in [1.165, 1.54) is 35.6 Å². The van der Waals surface area contributed by atoms with Crippen LogP contribution >= 0.6 is 11.3 Å². The van der Waals surface area contributed by atoms with Gasteiger partial charge >= 0.3 is 0 Å². The van der Waals surface area contributed by atoms with E-state index in [1.54, 1.807) is 7.05 Å². The number of halogens is 2. The minimum absolute atomic E-state index is 0.180. The highest BCUT2D eigenvalue weighted by Gasteiger charge is 2.26. The van der Waals surface area contributed by atoms with Crippen molar-refractivity contribution in [3.8, 4) is 0 Å². The van der Waals surface area contributed by atoms with Crippen molar-refractivity contribution in [2.45, 2.75) is 26.3 Å². The Balaban J connectivity index is 1.58. The molecule has 1 aliphatic heterocycles. The Hall–Kier alpha value is -2.00. The van der Waals surface area contributed by atoms with Gasteiger partial charge < -0.3 is 0 Å². The third-order valence-corrected chi connectivity index (χ3v) is 5.37. The van der Waals surface area contributed by atoms with Gasteiger partial charge in [-0.15, -0.1) is 0 Å². The molecule has 0 bridgehead atoms. The second kappa shape index (κ2) is 7.49. The first-order chi connectivity index (χ1) is 11.9. The van der Waals surface area contributed by atoms with E-state index in [1.807, 2.05) is 0 Å². The zero-order valence-electron chi connectivity index (χ0n) is 14.1. The van der Waals surface area contributed by atoms with Gasteiger partial charge in [0.1, 0.15) is 5.82 Å². The van der Waals surface area contributed by atoms with Gasteiger partial charge in [0.2, 0.25) is 11.9 Å². The molecule has 1 amide bonds. The second-order valence-corrected chi connectivity index (χ2v) is 7.26. The molecule has 0 aromatic carbocycles. The molecule has 6 nitrogen and oxygen atoms in total. The average Bonchev–Trinajstić information content (AvgIpc) is 3.16. The van der Waals surface area contributed by atoms with Gasteiger partial charge in [0.15, 0.2) is 10.9 Å². The van der Waals surface area contributed by atoms with Crippen LogP contribution in [0.5, 0.6) is 0 Å². The Bertz CT molecular complexity index is 751. The first kappa shape index (κ1) is 17.8. The Morgan fingerprint density at radius 3 is 2.80 bits per heavy atom. The number of thiazole rings is 1. The molecule has 1 aliphatic rings. The number of carbonyl (C=O) groups excluding carboxylic acids is 1. The number of nitrogens with zero attached hydrogens (tertiary/aromatic N) is 5. The van der Waals surface area contributed by atoms with Gasteiger partial charge in [0.25, 0.3) is 0 Å². The average molecular weight is 367 g/mol. The fourth-order valence-electron chi connectivity index (χ4n) is 2.83. The minimum Gasteiger partial charge on any atom is -0.298 e. The lowest BCUT2D eigenvalue weighted by Crippen LogP contribution is -2.22. The molecular formula is C16H19F2N5OS. The van der Waals surface area contributed by atoms with Gasteiger partial charge in [-0.2, -0.15) is 9.37 Å². The van der Waals surface area contributed by atoms with Crippen LogP contribution in [0.4, 0.5) is 13.9 Å². The molecule has 2 aromatic rings. The fourth-order valence-corrected chi connectivity index (χ4v) is 3.81. The Labute approximate surface area is 148 Å². The van der Waals surface area contributed by atoms with E-state index >= 15 is 0 Å². The van der Waals surface area contributed by atoms with E-state index in [-0.39, 0.29) is 5.91 Å². The molecule has 25 heavy (non-hydrogen) atoms. The standard InChI is InChI=1S/C16H19F2N5OS/c1-10(24)22(2)16-21-15(18)13(25-16)9-23-4-3-11(8-23)5-14-19-6-12(17)7-20-14/h6-7,11H,3-5,8-9H2,1-2H3/t11-/m1/s1. The minimum atomic E-state index is -0.515. The summed E-state index contributed by atoms with van der Waals surface area (Å²) in [5, 5.41) is 0.371. The quantitative estimate of drug-likeness (QED) is 0.811. The van der Waals surface area contributed by atoms with Gasteiger partial charge in [-0.25, -0.2) is 14.4 Å². The van der Waals surface area contributed by atoms with Crippen LogP contribution in [-0.2, 0) is 17.8 Å². The van der Waals surface area contributed by atoms with Gasteiger partial charge in [-0.05, 0) is 18.9 Å². The van der Waals surface area contributed by atoms with Gasteiger partial charge in [0, 0.05) is 33.5 Å². The summed E-state index contributed by atoms with van der Waals surface area (Å²) in [6, 6.07) is 0. The lowest BCUT2D eigenvalue weighted by atomic mass is 10.0. The molecule has 1 atom stereocenters. The van der Waals surface area contributed by atoms with Crippen molar-refractivity contribution in [3.05, 3.63) is 34.9 Å². The highest BCUT2D eigenvalue weighted by molar-refractivity contribution is 7.15. The van der Waals surface area contributed by atoms with Crippen LogP contribution in [0.25, 0.3) is 0 Å². The molecule has 0 spiro atoms. The monoisotopic (exact) mass is 367 g/mol. The smallest absolute Gasteiger partial charge is 0.230 e. The Morgan fingerprint density at radius 1 is 1.40 bits per heavy atom. The van der Waals surface area contributed by atoms with Crippen LogP contribution in [0.1, 0.15) is 24.0 Å². The third kappa shape index (κ3) is 4.35. The van der Waals surface area contributed by atoms with E-state index in [0.29, 0.717) is 34.7 Å². The maximum Gasteiger partial charge on any atom is 0.230 e. The van der Waals surface area contributed by atoms with Crippen LogP contribution in [0.3, 0.4) is 0 Å². The molecule has 0 aliphatic carbocycles. The topological polar surface area (TPSA) is 62.2 Å². The SMILES string of the molecule is CC(=O)N(C)c1nc(F)c(CN2CC[C@H](Cc3ncc(F)cn3)C2)s1. The van der Waals surface area contributed by atoms with Crippen LogP contribution in [-0.4, -0.2) is 45.9 Å². The van der Waals surface area contributed by atoms with Crippen molar-refractivity contribution in [2.75, 3.05) is 25.0 Å². The van der Waals surface area contributed by atoms with Crippen LogP contribution in [0, 0.1) is 17.7 Å². The molecule has 0 radical (unpaired) electrons. The third-order valence-electron chi connectivity index (χ3n) is 4.28. The molecule has 2 aromatic heterocycles. The zero-order valence-corrected chi connectivity index (χ0v) is 14.9. The summed E-state index contributed by atoms with van der Waals surface area (Å²) in [5.74, 6) is -0.147. The predicted octanol–water partition coefficient (Wildman–Crippen LogP) is 2.26. The van der Waals surface area contributed by atoms with Gasteiger partial charge in [-0.3, -0.25) is 14.6 Å². The first-order valence-corrected chi connectivity index (χ1v) is 8.82. The maximum absolute atomic E-state index is 14.0. The van der Waals surface area contributed by atoms with Crippen molar-refractivity contribution in [1.29, 1.82) is 0 Å². The number of likely N-dealkylation sites (tertiary alicyclic amines) is 1. The Morgan fingerprint density at radius 2 is 2.12 bits per heavy atom. The normalized spacial score (nSPS) is 17.8. The lowest BCUT2D eigenvalue weighted by Gasteiger charge is -2.14. The molecule has 3 rings (SSSR count). The Kier molecular flexibility index (Phi) is 5.33. The largest absolute Gasteiger partial charge is 0.298 e. The molecule has 0 N–H and O–H groups in total. The molecule has 0 unspecified atom stereocenters. The van der Waals surface area contributed by atoms with E-state index in [2.05, 4.69) is 19.9 Å². The number of rotatable bonds is 5. The molecule has 1 saturated heterocycles. The van der Waals surface area contributed by atoms with E-state index in [9.17, 15) is 13.6 Å². The number of aromatic nitrogens is 3. The van der Waals surface area contributed by atoms with Crippen molar-refractivity contribution < 1.29 is 13.6 Å². The molecule has 9 heteroatoms. The van der Waals surface area contributed by atoms with Crippen LogP contribution in [0.2, 0.25) is 0 Å². The van der Waals surface area contributed by atoms with E-state index < -0.39 is 11.8 Å². The van der Waals surface area contributed by atoms with Crippen LogP contribution < -0.4 is 4.90 Å². The van der Waals surface area contributed by atoms with Crippen molar-refractivity contribution in [1.82, 2.24) is 19.9 Å². The number of hydrogen-bond donors (Lipinski definition) is 0. The lowest BCUT2D eigenvalue weighted by molar-refractivity contribution is -0.116. The van der Waals surface area contributed by atoms with Crippen LogP contribution in [0.15, 0.2) is 12.4 Å². The number of hydrogen-bond acceptors (Lipinski definition) is 6. The van der Waals surface area contributed by atoms with E-state index in [4.69, 9.17) is 0 Å². The van der Waals surface area contributed by atoms with Crippen molar-refractivity contribution >= 4 is 22.4 Å². The molecule has 134 valence electrons. The van der Waals surface area contributed by atoms with Gasteiger partial charge in [0.05, 0.1) is 17.3 Å². The summed E-state index contributed by atoms with van der Waals surface area (Å²) in [6.45, 7) is 3.54. The summed E-state index contributed by atoms with van der Waals surface area (Å²) in [7, 11) is 1.58. The number of amides is 1. The van der Waals surface area contributed by atoms with Crippen molar-refractivity contribution in [3.63, 3.8) is 0 Å². The van der Waals surface area contributed by atoms with Crippen molar-refractivity contribution in [2.24, 2.45) is 5.92 Å². The number of carbonyl (C=O) groups is 1. The predicted molar refractivity (Wildman–Crippen MR) is 90.2 cm³/mol. The summed E-state index contributed by atoms with van der Waals surface area (Å²) >= 11 is 1.20. The summed E-state index contributed by atoms with van der Waals surface area (Å²) in [5.41, 5.74) is 0. The van der Waals surface area contributed by atoms with Gasteiger partial charge in [-0.1, -0.05) is 11.3 Å². The van der Waals surface area contributed by atoms with E-state index in [0.717, 1.165) is 19.5 Å². The second-order valence-electron chi connectivity index (χ2n) is 6.20. The summed E-state index contributed by atoms with van der Waals surface area (Å²) in [6.07, 6.45) is 3.99.